The predicted molar refractivity (Wildman–Crippen MR) is 348 cm³/mol. The van der Waals surface area contributed by atoms with Gasteiger partial charge in [0.1, 0.15) is 13.2 Å². The van der Waals surface area contributed by atoms with Crippen LogP contribution in [0.2, 0.25) is 0 Å². The van der Waals surface area contributed by atoms with Crippen molar-refractivity contribution in [2.24, 2.45) is 0 Å². The van der Waals surface area contributed by atoms with Crippen LogP contribution in [-0.4, -0.2) is 37.2 Å². The summed E-state index contributed by atoms with van der Waals surface area (Å²) >= 11 is 0. The van der Waals surface area contributed by atoms with Gasteiger partial charge in [0.25, 0.3) is 0 Å². The van der Waals surface area contributed by atoms with Gasteiger partial charge in [-0.3, -0.25) is 14.4 Å². The molecule has 80 heavy (non-hydrogen) atoms. The van der Waals surface area contributed by atoms with Gasteiger partial charge in [-0.1, -0.05) is 324 Å². The van der Waals surface area contributed by atoms with Gasteiger partial charge in [0.05, 0.1) is 0 Å². The van der Waals surface area contributed by atoms with Crippen molar-refractivity contribution in [3.63, 3.8) is 0 Å². The number of hydrogen-bond acceptors (Lipinski definition) is 6. The molecule has 0 rings (SSSR count). The van der Waals surface area contributed by atoms with Crippen LogP contribution in [0.15, 0.2) is 85.1 Å². The Morgan fingerprint density at radius 3 is 0.775 bits per heavy atom. The largest absolute Gasteiger partial charge is 0.462 e. The Kier molecular flexibility index (Phi) is 65.2. The highest BCUT2D eigenvalue weighted by atomic mass is 16.6. The van der Waals surface area contributed by atoms with E-state index in [1.807, 2.05) is 0 Å². The van der Waals surface area contributed by atoms with E-state index in [1.165, 1.54) is 199 Å². The van der Waals surface area contributed by atoms with Crippen LogP contribution in [0.1, 0.15) is 348 Å². The van der Waals surface area contributed by atoms with Gasteiger partial charge in [0, 0.05) is 19.3 Å². The second-order valence-electron chi connectivity index (χ2n) is 23.0. The molecule has 0 aromatic carbocycles. The minimum Gasteiger partial charge on any atom is -0.462 e. The molecule has 1 unspecified atom stereocenters. The van der Waals surface area contributed by atoms with E-state index in [2.05, 4.69) is 106 Å². The standard InChI is InChI=1S/C74H130O6/c1-4-7-10-13-16-19-22-25-27-29-31-33-35-36-37-38-39-41-42-44-46-49-52-55-58-61-64-67-73(76)79-70-71(69-78-72(75)66-63-60-57-54-51-48-24-21-18-15-12-9-6-3)80-74(77)68-65-62-59-56-53-50-47-45-43-40-34-32-30-28-26-23-20-17-14-11-8-5-2/h7,9-10,12,16,18-19,21,25,27,31,33,48,51,71H,4-6,8,11,13-15,17,20,22-24,26,28-30,32,34-47,49-50,52-70H2,1-3H3/b10-7-,12-9-,19-16-,21-18-,27-25-,33-31-,51-48-. The van der Waals surface area contributed by atoms with Crippen molar-refractivity contribution in [2.75, 3.05) is 13.2 Å². The van der Waals surface area contributed by atoms with E-state index in [4.69, 9.17) is 14.2 Å². The number of unbranched alkanes of at least 4 members (excludes halogenated alkanes) is 38. The van der Waals surface area contributed by atoms with Crippen LogP contribution in [0.5, 0.6) is 0 Å². The molecule has 0 amide bonds. The quantitative estimate of drug-likeness (QED) is 0.0261. The first-order chi connectivity index (χ1) is 39.5. The summed E-state index contributed by atoms with van der Waals surface area (Å²) in [5, 5.41) is 0. The topological polar surface area (TPSA) is 78.9 Å². The third-order valence-corrected chi connectivity index (χ3v) is 15.1. The van der Waals surface area contributed by atoms with Gasteiger partial charge in [-0.05, 0) is 89.9 Å². The summed E-state index contributed by atoms with van der Waals surface area (Å²) in [4.78, 5) is 38.4. The predicted octanol–water partition coefficient (Wildman–Crippen LogP) is 23.8. The first-order valence-electron chi connectivity index (χ1n) is 34.6. The molecule has 0 heterocycles. The second kappa shape index (κ2) is 68.1. The number of carbonyl (C=O) groups is 3. The Hall–Kier alpha value is -3.41. The van der Waals surface area contributed by atoms with Crippen molar-refractivity contribution in [3.8, 4) is 0 Å². The molecule has 0 saturated carbocycles. The normalized spacial score (nSPS) is 12.6. The van der Waals surface area contributed by atoms with Crippen LogP contribution in [0.25, 0.3) is 0 Å². The molecule has 6 nitrogen and oxygen atoms in total. The van der Waals surface area contributed by atoms with E-state index < -0.39 is 6.10 Å². The molecule has 1 atom stereocenters. The molecule has 462 valence electrons. The molecule has 0 saturated heterocycles. The lowest BCUT2D eigenvalue weighted by molar-refractivity contribution is -0.167. The van der Waals surface area contributed by atoms with Gasteiger partial charge < -0.3 is 14.2 Å². The van der Waals surface area contributed by atoms with Crippen LogP contribution in [0.4, 0.5) is 0 Å². The van der Waals surface area contributed by atoms with E-state index in [9.17, 15) is 14.4 Å². The molecule has 0 N–H and O–H groups in total. The monoisotopic (exact) mass is 1110 g/mol. The summed E-state index contributed by atoms with van der Waals surface area (Å²) < 4.78 is 16.9. The summed E-state index contributed by atoms with van der Waals surface area (Å²) in [7, 11) is 0. The summed E-state index contributed by atoms with van der Waals surface area (Å²) in [5.41, 5.74) is 0. The fraction of sp³-hybridized carbons (Fsp3) is 0.770. The number of esters is 3. The lowest BCUT2D eigenvalue weighted by atomic mass is 10.0. The molecular formula is C74H130O6. The maximum atomic E-state index is 12.9. The number of hydrogen-bond donors (Lipinski definition) is 0. The molecule has 0 aliphatic carbocycles. The molecule has 0 bridgehead atoms. The summed E-state index contributed by atoms with van der Waals surface area (Å²) in [6.07, 6.45) is 90.5. The van der Waals surface area contributed by atoms with Crippen molar-refractivity contribution < 1.29 is 28.6 Å². The Morgan fingerprint density at radius 1 is 0.263 bits per heavy atom. The molecule has 0 aromatic heterocycles. The van der Waals surface area contributed by atoms with Gasteiger partial charge in [-0.25, -0.2) is 0 Å². The average Bonchev–Trinajstić information content (AvgIpc) is 3.46. The van der Waals surface area contributed by atoms with E-state index >= 15 is 0 Å². The van der Waals surface area contributed by atoms with Gasteiger partial charge in [-0.2, -0.15) is 0 Å². The lowest BCUT2D eigenvalue weighted by Gasteiger charge is -2.18. The van der Waals surface area contributed by atoms with Crippen molar-refractivity contribution >= 4 is 17.9 Å². The van der Waals surface area contributed by atoms with Crippen LogP contribution < -0.4 is 0 Å². The first kappa shape index (κ1) is 76.6. The third kappa shape index (κ3) is 65.4. The zero-order chi connectivity index (χ0) is 57.8. The Balaban J connectivity index is 4.26. The molecule has 0 aliphatic heterocycles. The summed E-state index contributed by atoms with van der Waals surface area (Å²) in [6, 6.07) is 0. The lowest BCUT2D eigenvalue weighted by Crippen LogP contribution is -2.30. The molecular weight excluding hydrogens is 985 g/mol. The fourth-order valence-corrected chi connectivity index (χ4v) is 10.0. The van der Waals surface area contributed by atoms with Crippen LogP contribution in [-0.2, 0) is 28.6 Å². The minimum absolute atomic E-state index is 0.0825. The molecule has 0 aliphatic rings. The average molecular weight is 1120 g/mol. The highest BCUT2D eigenvalue weighted by Gasteiger charge is 2.19. The molecule has 0 radical (unpaired) electrons. The van der Waals surface area contributed by atoms with Crippen molar-refractivity contribution in [3.05, 3.63) is 85.1 Å². The number of rotatable bonds is 63. The number of allylic oxidation sites excluding steroid dienone is 14. The van der Waals surface area contributed by atoms with Crippen LogP contribution >= 0.6 is 0 Å². The van der Waals surface area contributed by atoms with E-state index in [0.717, 1.165) is 109 Å². The van der Waals surface area contributed by atoms with E-state index in [0.29, 0.717) is 19.3 Å². The zero-order valence-corrected chi connectivity index (χ0v) is 53.1. The van der Waals surface area contributed by atoms with Crippen molar-refractivity contribution in [1.82, 2.24) is 0 Å². The third-order valence-electron chi connectivity index (χ3n) is 15.1. The van der Waals surface area contributed by atoms with Crippen molar-refractivity contribution in [1.29, 1.82) is 0 Å². The number of ether oxygens (including phenoxy) is 3. The highest BCUT2D eigenvalue weighted by molar-refractivity contribution is 5.71. The zero-order valence-electron chi connectivity index (χ0n) is 53.1. The molecule has 0 aromatic rings. The minimum atomic E-state index is -0.788. The smallest absolute Gasteiger partial charge is 0.306 e. The SMILES string of the molecule is CC/C=C\C/C=C\C/C=C\C/C=C\CCCCCCCCCCCCCCCCC(=O)OCC(COC(=O)CCCCC/C=C\C/C=C\C/C=C\CC)OC(=O)CCCCCCCCCCCCCCCCCCCCCCCC. The summed E-state index contributed by atoms with van der Waals surface area (Å²) in [5.74, 6) is -0.894. The molecule has 0 fully saturated rings. The van der Waals surface area contributed by atoms with Gasteiger partial charge in [0.15, 0.2) is 6.10 Å². The van der Waals surface area contributed by atoms with Gasteiger partial charge >= 0.3 is 17.9 Å². The maximum Gasteiger partial charge on any atom is 0.306 e. The summed E-state index contributed by atoms with van der Waals surface area (Å²) in [6.45, 7) is 6.44. The molecule has 0 spiro atoms. The van der Waals surface area contributed by atoms with Gasteiger partial charge in [-0.15, -0.1) is 0 Å². The van der Waals surface area contributed by atoms with E-state index in [1.54, 1.807) is 0 Å². The highest BCUT2D eigenvalue weighted by Crippen LogP contribution is 2.18. The van der Waals surface area contributed by atoms with Crippen LogP contribution in [0.3, 0.4) is 0 Å². The Morgan fingerprint density at radius 2 is 0.487 bits per heavy atom. The maximum absolute atomic E-state index is 12.9. The van der Waals surface area contributed by atoms with Crippen LogP contribution in [0, 0.1) is 0 Å². The van der Waals surface area contributed by atoms with E-state index in [-0.39, 0.29) is 31.1 Å². The Labute approximate surface area is 496 Å². The molecule has 6 heteroatoms. The van der Waals surface area contributed by atoms with Gasteiger partial charge in [0.2, 0.25) is 0 Å². The first-order valence-corrected chi connectivity index (χ1v) is 34.6. The van der Waals surface area contributed by atoms with Crippen molar-refractivity contribution in [2.45, 2.75) is 354 Å². The Bertz CT molecular complexity index is 1520. The fourth-order valence-electron chi connectivity index (χ4n) is 10.0. The number of carbonyl (C=O) groups excluding carboxylic acids is 3. The second-order valence-corrected chi connectivity index (χ2v) is 23.0.